The van der Waals surface area contributed by atoms with Gasteiger partial charge in [0, 0.05) is 64.4 Å². The molecule has 0 aromatic heterocycles. The van der Waals surface area contributed by atoms with Gasteiger partial charge in [0.25, 0.3) is 0 Å². The van der Waals surface area contributed by atoms with Crippen molar-refractivity contribution in [2.24, 2.45) is 11.5 Å². The number of hydrogen-bond donors (Lipinski definition) is 19. The van der Waals surface area contributed by atoms with Gasteiger partial charge in [-0.05, 0) is 68.4 Å². The summed E-state index contributed by atoms with van der Waals surface area (Å²) in [6, 6.07) is -15.9. The number of nitrogens with one attached hydrogen (secondary N) is 12. The average Bonchev–Trinajstić information content (AvgIpc) is 1.76. The standard InChI is InChI=1S/C59H79N15O21S6/c1-26-47(82)69-41-25-101-99-22-38-52(87)65-33(13-14-45(80)81)49(84)66-34(16-28-5-9-30(76)10-6-28)50(85)71-40(54(89)72-39(23-97-96-20-32(60)48(83)70-38)53(88)67-35(18-43(61)78)58(93)74-15-3-4-42(74)56(91)63-26)24-100-98-21-37(64-44(79)19-62-57(92)46(27(2)75)73-55(41)90)51(86)68-36(59(94)95)17-29-7-11-31(77)12-8-29/h5-12,26-27,32-42,46,75-77H,3-4,13-25,60H2,1-2H3,(H2,61,78)(H,62,92)(H,63,91)(H,64,79)(H,65,87)(H,66,84)(H,67,88)(H,68,86)(H,69,82)(H,70,83)(H,71,85)(H,72,89)(H,73,90)(H,80,81)(H,94,95)/t26-,27-,32+,33-,34+,35+,36+,37+,38+,39+,40+,41+,42+,46?/m1/s1/i1D3,26D. The molecule has 42 heteroatoms. The SMILES string of the molecule is [2H]C([2H])([2H])[C@@]1([2H])NC(=O)[C@@H]2CCCN2C(=O)[C@H](CC(N)=O)NC(=O)[C@@H]2CSSC[C@H](N)C(=O)N[C@H]3CSSC[C@H](NC1=O)C(=O)NC([C@@H](C)O)C(=O)NCC(=O)N[C@H](C(=O)N[C@@H](Cc1ccc(O)cc1)C(=O)O)CSSC[C@H](NC(=O)[C@H](Cc1ccc(O)cc1)NC(=O)[C@@H](CCC(=O)O)NC3=O)C(=O)N2. The quantitative estimate of drug-likeness (QED) is 0.0656. The molecule has 0 radical (unpaired) electrons. The van der Waals surface area contributed by atoms with Crippen molar-refractivity contribution in [2.45, 2.75) is 143 Å². The zero-order chi connectivity index (χ0) is 77.6. The molecule has 1 unspecified atom stereocenters. The summed E-state index contributed by atoms with van der Waals surface area (Å²) in [7, 11) is 4.19. The van der Waals surface area contributed by atoms with Crippen molar-refractivity contribution in [3.63, 3.8) is 0 Å². The molecular formula is C59H79N15O21S6. The van der Waals surface area contributed by atoms with E-state index < -0.39 is 247 Å². The number of aromatic hydroxyl groups is 2. The highest BCUT2D eigenvalue weighted by Crippen LogP contribution is 2.28. The number of carboxylic acid groups (broad SMARTS) is 2. The second-order valence-electron chi connectivity index (χ2n) is 23.1. The third-order valence-electron chi connectivity index (χ3n) is 15.3. The molecular weight excluding hydrogens is 1450 g/mol. The number of phenols is 2. The van der Waals surface area contributed by atoms with Gasteiger partial charge >= 0.3 is 11.9 Å². The highest BCUT2D eigenvalue weighted by atomic mass is 33.1. The monoisotopic (exact) mass is 1530 g/mol. The highest BCUT2D eigenvalue weighted by molar-refractivity contribution is 8.77. The molecule has 2 aromatic carbocycles. The van der Waals surface area contributed by atoms with Gasteiger partial charge in [0.2, 0.25) is 82.7 Å². The number of fused-ring (bicyclic) bond motifs is 20. The van der Waals surface area contributed by atoms with Crippen LogP contribution in [-0.2, 0) is 89.6 Å². The maximum absolute atomic E-state index is 15.2. The van der Waals surface area contributed by atoms with Crippen LogP contribution in [0.1, 0.15) is 62.5 Å². The van der Waals surface area contributed by atoms with Gasteiger partial charge < -0.3 is 106 Å². The first-order chi connectivity index (χ1) is 49.4. The van der Waals surface area contributed by atoms with Crippen LogP contribution in [-0.4, -0.2) is 257 Å². The van der Waals surface area contributed by atoms with Gasteiger partial charge in [-0.1, -0.05) is 89.0 Å². The zero-order valence-electron chi connectivity index (χ0n) is 57.6. The van der Waals surface area contributed by atoms with Gasteiger partial charge in [-0.25, -0.2) is 4.79 Å². The molecule has 2 aromatic rings. The number of primary amides is 1. The van der Waals surface area contributed by atoms with Gasteiger partial charge in [-0.3, -0.25) is 71.9 Å². The number of rotatable bonds is 13. The number of nitrogens with zero attached hydrogens (tertiary/aromatic N) is 1. The van der Waals surface area contributed by atoms with E-state index in [4.69, 9.17) is 15.6 Å². The number of carbonyl (C=O) groups excluding carboxylic acids is 14. The Hall–Kier alpha value is -8.42. The number of phenolic OH excluding ortho intramolecular Hbond substituents is 2. The van der Waals surface area contributed by atoms with E-state index in [0.717, 1.165) is 33.4 Å². The molecule has 101 heavy (non-hydrogen) atoms. The second-order valence-corrected chi connectivity index (χ2v) is 30.7. The Bertz CT molecular complexity index is 3590. The highest BCUT2D eigenvalue weighted by Gasteiger charge is 2.42. The maximum Gasteiger partial charge on any atom is 0.326 e. The molecule has 4 fully saturated rings. The maximum atomic E-state index is 15.2. The third kappa shape index (κ3) is 25.9. The predicted molar refractivity (Wildman–Crippen MR) is 371 cm³/mol. The van der Waals surface area contributed by atoms with Crippen LogP contribution in [0.5, 0.6) is 11.5 Å². The smallest absolute Gasteiger partial charge is 0.326 e. The Morgan fingerprint density at radius 1 is 0.604 bits per heavy atom. The molecule has 6 rings (SSSR count). The molecule has 0 saturated carbocycles. The summed E-state index contributed by atoms with van der Waals surface area (Å²) < 4.78 is 34.4. The van der Waals surface area contributed by atoms with Crippen LogP contribution in [0.15, 0.2) is 48.5 Å². The van der Waals surface area contributed by atoms with Crippen molar-refractivity contribution >= 4 is 159 Å². The van der Waals surface area contributed by atoms with E-state index >= 15 is 9.59 Å². The van der Waals surface area contributed by atoms with Crippen LogP contribution >= 0.6 is 64.8 Å². The summed E-state index contributed by atoms with van der Waals surface area (Å²) in [6.07, 6.45) is -5.69. The molecule has 552 valence electrons. The van der Waals surface area contributed by atoms with E-state index in [1.54, 1.807) is 0 Å². The number of amides is 14. The number of nitrogens with two attached hydrogens (primary N) is 2. The Kier molecular flexibility index (Phi) is 29.6. The molecule has 0 spiro atoms. The van der Waals surface area contributed by atoms with Crippen LogP contribution in [0.2, 0.25) is 0 Å². The van der Waals surface area contributed by atoms with Crippen LogP contribution < -0.4 is 75.3 Å². The molecule has 4 aliphatic heterocycles. The number of carboxylic acids is 2. The van der Waals surface area contributed by atoms with Crippen LogP contribution in [0.3, 0.4) is 0 Å². The van der Waals surface area contributed by atoms with Crippen LogP contribution in [0, 0.1) is 0 Å². The summed E-state index contributed by atoms with van der Waals surface area (Å²) in [6.45, 7) is -4.32. The molecule has 14 atom stereocenters. The van der Waals surface area contributed by atoms with E-state index in [-0.39, 0.29) is 48.6 Å². The Labute approximate surface area is 606 Å². The first kappa shape index (κ1) is 75.2. The van der Waals surface area contributed by atoms with Gasteiger partial charge in [-0.2, -0.15) is 0 Å². The second kappa shape index (κ2) is 39.7. The van der Waals surface area contributed by atoms with Crippen molar-refractivity contribution in [3.05, 3.63) is 59.7 Å². The minimum absolute atomic E-state index is 0.0314. The molecule has 0 aliphatic carbocycles. The lowest BCUT2D eigenvalue weighted by Crippen LogP contribution is -2.61. The van der Waals surface area contributed by atoms with Crippen molar-refractivity contribution in [3.8, 4) is 11.5 Å². The Balaban J connectivity index is 1.60. The van der Waals surface area contributed by atoms with Gasteiger partial charge in [0.15, 0.2) is 0 Å². The van der Waals surface area contributed by atoms with Crippen molar-refractivity contribution < 1.29 is 108 Å². The van der Waals surface area contributed by atoms with E-state index in [9.17, 15) is 94.0 Å². The van der Waals surface area contributed by atoms with Crippen molar-refractivity contribution in [1.29, 1.82) is 0 Å². The van der Waals surface area contributed by atoms with E-state index in [1.807, 2.05) is 5.32 Å². The van der Waals surface area contributed by atoms with Crippen molar-refractivity contribution in [1.82, 2.24) is 68.7 Å². The van der Waals surface area contributed by atoms with Gasteiger partial charge in [0.05, 0.1) is 26.5 Å². The zero-order valence-corrected chi connectivity index (χ0v) is 58.4. The Morgan fingerprint density at radius 2 is 1.10 bits per heavy atom. The fraction of sp³-hybridized carbons (Fsp3) is 0.525. The first-order valence-corrected chi connectivity index (χ1v) is 38.3. The molecule has 14 amide bonds. The average molecular weight is 1530 g/mol. The molecule has 4 heterocycles. The predicted octanol–water partition coefficient (Wildman–Crippen LogP) is -5.94. The lowest BCUT2D eigenvalue weighted by atomic mass is 10.0. The minimum Gasteiger partial charge on any atom is -0.508 e. The number of aliphatic hydroxyl groups is 1. The van der Waals surface area contributed by atoms with Gasteiger partial charge in [0.1, 0.15) is 84.0 Å². The fourth-order valence-corrected chi connectivity index (χ4v) is 16.8. The minimum atomic E-state index is -3.89. The lowest BCUT2D eigenvalue weighted by Gasteiger charge is -2.30. The molecule has 21 N–H and O–H groups in total. The molecule has 4 aliphatic rings. The summed E-state index contributed by atoms with van der Waals surface area (Å²) in [5.41, 5.74) is 12.5. The first-order valence-electron chi connectivity index (χ1n) is 32.8. The summed E-state index contributed by atoms with van der Waals surface area (Å²) in [5.74, 6) is -25.2. The number of benzene rings is 2. The Morgan fingerprint density at radius 3 is 1.65 bits per heavy atom. The fourth-order valence-electron chi connectivity index (χ4n) is 9.87. The molecule has 4 saturated heterocycles. The third-order valence-corrected chi connectivity index (χ3v) is 22.6. The molecule has 36 nitrogen and oxygen atoms in total. The van der Waals surface area contributed by atoms with Crippen LogP contribution in [0.4, 0.5) is 0 Å². The normalized spacial score (nSPS) is 28.8. The number of carbonyl (C=O) groups is 16. The number of aliphatic carboxylic acids is 2. The summed E-state index contributed by atoms with van der Waals surface area (Å²) >= 11 is 0. The number of aliphatic hydroxyl groups excluding tert-OH is 1. The van der Waals surface area contributed by atoms with E-state index in [1.165, 1.54) is 48.5 Å². The summed E-state index contributed by atoms with van der Waals surface area (Å²) in [4.78, 5) is 228. The van der Waals surface area contributed by atoms with E-state index in [0.29, 0.717) is 48.7 Å². The van der Waals surface area contributed by atoms with Crippen molar-refractivity contribution in [2.75, 3.05) is 47.6 Å². The van der Waals surface area contributed by atoms with E-state index in [2.05, 4.69) is 58.5 Å². The topological polar surface area (TPSA) is 574 Å². The lowest BCUT2D eigenvalue weighted by molar-refractivity contribution is -0.143. The van der Waals surface area contributed by atoms with Crippen LogP contribution in [0.25, 0.3) is 0 Å². The summed E-state index contributed by atoms with van der Waals surface area (Å²) in [5, 5.41) is 78.8. The number of hydrogen-bond acceptors (Lipinski definition) is 26. The van der Waals surface area contributed by atoms with Gasteiger partial charge in [-0.15, -0.1) is 0 Å². The largest absolute Gasteiger partial charge is 0.508 e. The molecule has 4 bridgehead atoms.